The molecule has 2 N–H and O–H groups in total. The highest BCUT2D eigenvalue weighted by atomic mass is 32.1. The number of hydrogen-bond donors (Lipinski definition) is 2. The number of carbonyl (C=O) groups excluding carboxylic acids is 1. The lowest BCUT2D eigenvalue weighted by Gasteiger charge is -2.18. The van der Waals surface area contributed by atoms with Gasteiger partial charge in [0.05, 0.1) is 18.5 Å². The Morgan fingerprint density at radius 1 is 1.39 bits per heavy atom. The number of thiocarbonyl (C=S) groups is 1. The van der Waals surface area contributed by atoms with Crippen LogP contribution in [0.2, 0.25) is 0 Å². The summed E-state index contributed by atoms with van der Waals surface area (Å²) in [6, 6.07) is 8.15. The zero-order valence-electron chi connectivity index (χ0n) is 12.3. The molecule has 0 unspecified atom stereocenters. The van der Waals surface area contributed by atoms with Crippen molar-refractivity contribution in [3.8, 4) is 0 Å². The van der Waals surface area contributed by atoms with Crippen LogP contribution < -0.4 is 15.5 Å². The number of carbonyl (C=O) groups is 1. The first-order valence-corrected chi connectivity index (χ1v) is 7.71. The molecule has 0 atom stereocenters. The highest BCUT2D eigenvalue weighted by Crippen LogP contribution is 2.27. The molecule has 0 spiro atoms. The smallest absolute Gasteiger partial charge is 0.227 e. The number of rotatable bonds is 4. The van der Waals surface area contributed by atoms with Gasteiger partial charge in [0.25, 0.3) is 0 Å². The molecule has 2 heterocycles. The van der Waals surface area contributed by atoms with Crippen LogP contribution in [0.1, 0.15) is 18.6 Å². The van der Waals surface area contributed by atoms with E-state index >= 15 is 0 Å². The number of anilines is 2. The van der Waals surface area contributed by atoms with Crippen LogP contribution >= 0.6 is 12.2 Å². The Labute approximate surface area is 138 Å². The van der Waals surface area contributed by atoms with Crippen molar-refractivity contribution in [1.29, 1.82) is 0 Å². The molecule has 1 aromatic heterocycles. The summed E-state index contributed by atoms with van der Waals surface area (Å²) in [7, 11) is 0. The molecule has 1 aliphatic rings. The first-order chi connectivity index (χ1) is 11.1. The minimum atomic E-state index is -0.416. The van der Waals surface area contributed by atoms with Gasteiger partial charge < -0.3 is 20.0 Å². The Morgan fingerprint density at radius 2 is 2.26 bits per heavy atom. The van der Waals surface area contributed by atoms with Gasteiger partial charge in [0, 0.05) is 18.7 Å². The molecular formula is C16H16FN3O2S. The fourth-order valence-corrected chi connectivity index (χ4v) is 2.65. The lowest BCUT2D eigenvalue weighted by atomic mass is 10.2. The van der Waals surface area contributed by atoms with E-state index in [-0.39, 0.29) is 11.6 Å². The van der Waals surface area contributed by atoms with Gasteiger partial charge in [-0.15, -0.1) is 0 Å². The highest BCUT2D eigenvalue weighted by molar-refractivity contribution is 7.80. The van der Waals surface area contributed by atoms with E-state index in [1.807, 2.05) is 6.07 Å². The molecule has 0 saturated carbocycles. The minimum Gasteiger partial charge on any atom is -0.467 e. The van der Waals surface area contributed by atoms with Gasteiger partial charge in [0.15, 0.2) is 5.11 Å². The summed E-state index contributed by atoms with van der Waals surface area (Å²) in [5.74, 6) is 0.288. The number of hydrogen-bond acceptors (Lipinski definition) is 3. The van der Waals surface area contributed by atoms with Crippen molar-refractivity contribution < 1.29 is 13.6 Å². The zero-order chi connectivity index (χ0) is 16.2. The molecule has 23 heavy (non-hydrogen) atoms. The normalized spacial score (nSPS) is 14.1. The summed E-state index contributed by atoms with van der Waals surface area (Å²) in [6.45, 7) is 0.998. The lowest BCUT2D eigenvalue weighted by molar-refractivity contribution is -0.117. The number of nitrogens with one attached hydrogen (secondary N) is 2. The van der Waals surface area contributed by atoms with E-state index in [0.717, 1.165) is 12.2 Å². The summed E-state index contributed by atoms with van der Waals surface area (Å²) in [5.41, 5.74) is 0.907. The second kappa shape index (κ2) is 6.78. The van der Waals surface area contributed by atoms with Crippen LogP contribution in [0.25, 0.3) is 0 Å². The van der Waals surface area contributed by atoms with E-state index < -0.39 is 5.82 Å². The standard InChI is InChI=1S/C16H16FN3O2S/c17-13-6-5-11(9-14(13)20-7-1-4-15(20)21)19-16(23)18-10-12-3-2-8-22-12/h2-3,5-6,8-9H,1,4,7,10H2,(H2,18,19,23). The first-order valence-electron chi connectivity index (χ1n) is 7.30. The summed E-state index contributed by atoms with van der Waals surface area (Å²) in [4.78, 5) is 13.3. The van der Waals surface area contributed by atoms with E-state index in [4.69, 9.17) is 16.6 Å². The molecule has 2 aromatic rings. The van der Waals surface area contributed by atoms with E-state index in [1.54, 1.807) is 24.5 Å². The van der Waals surface area contributed by atoms with Crippen LogP contribution in [0.3, 0.4) is 0 Å². The van der Waals surface area contributed by atoms with Crippen LogP contribution in [-0.4, -0.2) is 17.6 Å². The van der Waals surface area contributed by atoms with Gasteiger partial charge in [-0.05, 0) is 49.0 Å². The zero-order valence-corrected chi connectivity index (χ0v) is 13.2. The molecule has 0 bridgehead atoms. The van der Waals surface area contributed by atoms with Crippen molar-refractivity contribution in [2.24, 2.45) is 0 Å². The third kappa shape index (κ3) is 3.68. The molecule has 1 aliphatic heterocycles. The van der Waals surface area contributed by atoms with Gasteiger partial charge in [0.1, 0.15) is 11.6 Å². The van der Waals surface area contributed by atoms with Crippen LogP contribution in [-0.2, 0) is 11.3 Å². The number of benzene rings is 1. The molecule has 1 amide bonds. The molecule has 1 fully saturated rings. The van der Waals surface area contributed by atoms with Gasteiger partial charge in [-0.3, -0.25) is 4.79 Å². The first kappa shape index (κ1) is 15.5. The van der Waals surface area contributed by atoms with E-state index in [2.05, 4.69) is 10.6 Å². The number of halogens is 1. The van der Waals surface area contributed by atoms with Gasteiger partial charge >= 0.3 is 0 Å². The lowest BCUT2D eigenvalue weighted by Crippen LogP contribution is -2.28. The Kier molecular flexibility index (Phi) is 4.57. The molecule has 0 aliphatic carbocycles. The summed E-state index contributed by atoms with van der Waals surface area (Å²) in [5, 5.41) is 6.38. The van der Waals surface area contributed by atoms with Gasteiger partial charge in [-0.1, -0.05) is 0 Å². The SMILES string of the molecule is O=C1CCCN1c1cc(NC(=S)NCc2ccco2)ccc1F. The van der Waals surface area contributed by atoms with Gasteiger partial charge in [-0.2, -0.15) is 0 Å². The molecule has 120 valence electrons. The van der Waals surface area contributed by atoms with Crippen molar-refractivity contribution >= 4 is 34.6 Å². The number of furan rings is 1. The second-order valence-electron chi connectivity index (χ2n) is 5.20. The second-order valence-corrected chi connectivity index (χ2v) is 5.61. The molecule has 3 rings (SSSR count). The van der Waals surface area contributed by atoms with Crippen LogP contribution in [0.4, 0.5) is 15.8 Å². The molecule has 1 saturated heterocycles. The predicted octanol–water partition coefficient (Wildman–Crippen LogP) is 3.03. The third-order valence-electron chi connectivity index (χ3n) is 3.57. The average Bonchev–Trinajstić information content (AvgIpc) is 3.19. The van der Waals surface area contributed by atoms with E-state index in [1.165, 1.54) is 11.0 Å². The Hall–Kier alpha value is -2.41. The summed E-state index contributed by atoms with van der Waals surface area (Å²) >= 11 is 5.21. The van der Waals surface area contributed by atoms with E-state index in [0.29, 0.717) is 30.3 Å². The summed E-state index contributed by atoms with van der Waals surface area (Å²) < 4.78 is 19.2. The topological polar surface area (TPSA) is 57.5 Å². The monoisotopic (exact) mass is 333 g/mol. The Bertz CT molecular complexity index is 718. The molecular weight excluding hydrogens is 317 g/mol. The quantitative estimate of drug-likeness (QED) is 0.842. The Balaban J connectivity index is 1.65. The highest BCUT2D eigenvalue weighted by Gasteiger charge is 2.24. The van der Waals surface area contributed by atoms with Crippen molar-refractivity contribution in [3.05, 3.63) is 48.2 Å². The van der Waals surface area contributed by atoms with Crippen molar-refractivity contribution in [3.63, 3.8) is 0 Å². The van der Waals surface area contributed by atoms with Crippen LogP contribution in [0.5, 0.6) is 0 Å². The van der Waals surface area contributed by atoms with Crippen LogP contribution in [0, 0.1) is 5.82 Å². The van der Waals surface area contributed by atoms with Crippen molar-refractivity contribution in [1.82, 2.24) is 5.32 Å². The Morgan fingerprint density at radius 3 is 2.96 bits per heavy atom. The fraction of sp³-hybridized carbons (Fsp3) is 0.250. The average molecular weight is 333 g/mol. The maximum Gasteiger partial charge on any atom is 0.227 e. The molecule has 0 radical (unpaired) electrons. The van der Waals surface area contributed by atoms with E-state index in [9.17, 15) is 9.18 Å². The van der Waals surface area contributed by atoms with Crippen molar-refractivity contribution in [2.45, 2.75) is 19.4 Å². The largest absolute Gasteiger partial charge is 0.467 e. The minimum absolute atomic E-state index is 0.0560. The predicted molar refractivity (Wildman–Crippen MR) is 89.8 cm³/mol. The van der Waals surface area contributed by atoms with Crippen molar-refractivity contribution in [2.75, 3.05) is 16.8 Å². The molecule has 7 heteroatoms. The maximum absolute atomic E-state index is 14.0. The maximum atomic E-state index is 14.0. The summed E-state index contributed by atoms with van der Waals surface area (Å²) in [6.07, 6.45) is 2.80. The van der Waals surface area contributed by atoms with Crippen LogP contribution in [0.15, 0.2) is 41.0 Å². The van der Waals surface area contributed by atoms with Gasteiger partial charge in [0.2, 0.25) is 5.91 Å². The fourth-order valence-electron chi connectivity index (χ4n) is 2.46. The molecule has 1 aromatic carbocycles. The number of nitrogens with zero attached hydrogens (tertiary/aromatic N) is 1. The van der Waals surface area contributed by atoms with Gasteiger partial charge in [-0.25, -0.2) is 4.39 Å². The third-order valence-corrected chi connectivity index (χ3v) is 3.82. The number of amides is 1. The molecule has 5 nitrogen and oxygen atoms in total.